The predicted molar refractivity (Wildman–Crippen MR) is 57.5 cm³/mol. The minimum Gasteiger partial charge on any atom is -0.381 e. The van der Waals surface area contributed by atoms with Crippen molar-refractivity contribution in [2.75, 3.05) is 25.6 Å². The van der Waals surface area contributed by atoms with Gasteiger partial charge in [0, 0.05) is 25.8 Å². The number of nitrogens with one attached hydrogen (secondary N) is 1. The molecule has 2 heterocycles. The van der Waals surface area contributed by atoms with Gasteiger partial charge in [-0.05, 0) is 22.4 Å². The van der Waals surface area contributed by atoms with E-state index >= 15 is 0 Å². The van der Waals surface area contributed by atoms with E-state index in [1.165, 1.54) is 0 Å². The summed E-state index contributed by atoms with van der Waals surface area (Å²) < 4.78 is 6.19. The van der Waals surface area contributed by atoms with Gasteiger partial charge in [0.2, 0.25) is 0 Å². The van der Waals surface area contributed by atoms with Gasteiger partial charge in [0.25, 0.3) is 0 Å². The molecule has 2 rings (SSSR count). The van der Waals surface area contributed by atoms with Gasteiger partial charge < -0.3 is 10.1 Å². The maximum atomic E-state index is 5.30. The normalized spacial score (nSPS) is 21.1. The molecule has 1 fully saturated rings. The van der Waals surface area contributed by atoms with Crippen molar-refractivity contribution in [1.82, 2.24) is 9.97 Å². The third-order valence-corrected chi connectivity index (χ3v) is 2.87. The summed E-state index contributed by atoms with van der Waals surface area (Å²) in [4.78, 5) is 8.71. The number of rotatable bonds is 2. The smallest absolute Gasteiger partial charge is 0.143 e. The van der Waals surface area contributed by atoms with Crippen molar-refractivity contribution in [1.29, 1.82) is 0 Å². The van der Waals surface area contributed by atoms with Crippen LogP contribution in [0.1, 0.15) is 18.2 Å². The summed E-state index contributed by atoms with van der Waals surface area (Å²) in [6, 6.07) is 0. The molecular weight excluding hydrogens is 246 g/mol. The Hall–Kier alpha value is -0.680. The number of aromatic nitrogens is 2. The zero-order valence-electron chi connectivity index (χ0n) is 7.96. The summed E-state index contributed by atoms with van der Waals surface area (Å²) in [6.07, 6.45) is 2.80. The monoisotopic (exact) mass is 257 g/mol. The largest absolute Gasteiger partial charge is 0.381 e. The Kier molecular flexibility index (Phi) is 2.98. The summed E-state index contributed by atoms with van der Waals surface area (Å²) in [5.41, 5.74) is 0. The van der Waals surface area contributed by atoms with Crippen molar-refractivity contribution < 1.29 is 4.74 Å². The lowest BCUT2D eigenvalue weighted by Crippen LogP contribution is -2.06. The third-order valence-electron chi connectivity index (χ3n) is 2.29. The lowest BCUT2D eigenvalue weighted by atomic mass is 10.1. The van der Waals surface area contributed by atoms with Crippen LogP contribution in [-0.2, 0) is 4.74 Å². The molecule has 0 spiro atoms. The minimum atomic E-state index is 0.357. The van der Waals surface area contributed by atoms with Crippen molar-refractivity contribution in [3.63, 3.8) is 0 Å². The fraction of sp³-hybridized carbons (Fsp3) is 0.556. The molecule has 0 aliphatic carbocycles. The molecule has 4 nitrogen and oxygen atoms in total. The van der Waals surface area contributed by atoms with Crippen molar-refractivity contribution in [2.45, 2.75) is 12.3 Å². The Bertz CT molecular complexity index is 326. The van der Waals surface area contributed by atoms with E-state index in [4.69, 9.17) is 4.74 Å². The van der Waals surface area contributed by atoms with Gasteiger partial charge in [-0.3, -0.25) is 0 Å². The van der Waals surface area contributed by atoms with Gasteiger partial charge in [-0.25, -0.2) is 9.97 Å². The number of hydrogen-bond donors (Lipinski definition) is 1. The summed E-state index contributed by atoms with van der Waals surface area (Å²) in [7, 11) is 1.85. The van der Waals surface area contributed by atoms with E-state index in [0.717, 1.165) is 35.7 Å². The van der Waals surface area contributed by atoms with E-state index in [2.05, 4.69) is 31.2 Å². The minimum absolute atomic E-state index is 0.357. The lowest BCUT2D eigenvalue weighted by Gasteiger charge is -2.08. The highest BCUT2D eigenvalue weighted by Gasteiger charge is 2.21. The van der Waals surface area contributed by atoms with Crippen LogP contribution >= 0.6 is 15.9 Å². The second-order valence-electron chi connectivity index (χ2n) is 3.24. The molecule has 1 unspecified atom stereocenters. The molecule has 1 atom stereocenters. The van der Waals surface area contributed by atoms with Gasteiger partial charge in [-0.1, -0.05) is 0 Å². The van der Waals surface area contributed by atoms with Crippen molar-refractivity contribution >= 4 is 21.7 Å². The topological polar surface area (TPSA) is 47.0 Å². The van der Waals surface area contributed by atoms with Crippen LogP contribution in [0.5, 0.6) is 0 Å². The lowest BCUT2D eigenvalue weighted by molar-refractivity contribution is 0.193. The summed E-state index contributed by atoms with van der Waals surface area (Å²) in [5.74, 6) is 2.06. The standard InChI is InChI=1S/C9H12BrN3O/c1-11-9-7(10)4-12-8(13-9)6-2-3-14-5-6/h4,6H,2-3,5H2,1H3,(H,11,12,13). The molecule has 14 heavy (non-hydrogen) atoms. The average Bonchev–Trinajstić information content (AvgIpc) is 2.71. The van der Waals surface area contributed by atoms with E-state index < -0.39 is 0 Å². The Balaban J connectivity index is 2.25. The summed E-state index contributed by atoms with van der Waals surface area (Å²) in [6.45, 7) is 1.56. The molecule has 5 heteroatoms. The first-order valence-electron chi connectivity index (χ1n) is 4.59. The van der Waals surface area contributed by atoms with E-state index in [-0.39, 0.29) is 0 Å². The summed E-state index contributed by atoms with van der Waals surface area (Å²) >= 11 is 3.38. The number of anilines is 1. The van der Waals surface area contributed by atoms with Crippen LogP contribution in [0.3, 0.4) is 0 Å². The Labute approximate surface area is 91.2 Å². The fourth-order valence-electron chi connectivity index (χ4n) is 1.49. The average molecular weight is 258 g/mol. The van der Waals surface area contributed by atoms with E-state index in [9.17, 15) is 0 Å². The van der Waals surface area contributed by atoms with Gasteiger partial charge in [-0.15, -0.1) is 0 Å². The van der Waals surface area contributed by atoms with Crippen LogP contribution in [0.4, 0.5) is 5.82 Å². The number of halogens is 1. The molecular formula is C9H12BrN3O. The molecule has 1 aliphatic heterocycles. The van der Waals surface area contributed by atoms with E-state index in [1.807, 2.05) is 7.05 Å². The first-order chi connectivity index (χ1) is 6.81. The summed E-state index contributed by atoms with van der Waals surface area (Å²) in [5, 5.41) is 3.02. The Morgan fingerprint density at radius 2 is 2.50 bits per heavy atom. The zero-order valence-corrected chi connectivity index (χ0v) is 9.54. The Morgan fingerprint density at radius 3 is 3.14 bits per heavy atom. The molecule has 1 saturated heterocycles. The molecule has 1 N–H and O–H groups in total. The van der Waals surface area contributed by atoms with Gasteiger partial charge in [0.15, 0.2) is 0 Å². The van der Waals surface area contributed by atoms with E-state index in [0.29, 0.717) is 5.92 Å². The molecule has 0 bridgehead atoms. The van der Waals surface area contributed by atoms with E-state index in [1.54, 1.807) is 6.20 Å². The quantitative estimate of drug-likeness (QED) is 0.878. The maximum Gasteiger partial charge on any atom is 0.143 e. The molecule has 1 aromatic heterocycles. The SMILES string of the molecule is CNc1nc(C2CCOC2)ncc1Br. The van der Waals surface area contributed by atoms with Crippen molar-refractivity contribution in [3.8, 4) is 0 Å². The highest BCUT2D eigenvalue weighted by atomic mass is 79.9. The molecule has 76 valence electrons. The predicted octanol–water partition coefficient (Wildman–Crippen LogP) is 1.78. The van der Waals surface area contributed by atoms with Crippen molar-refractivity contribution in [3.05, 3.63) is 16.5 Å². The van der Waals surface area contributed by atoms with Gasteiger partial charge in [0.1, 0.15) is 11.6 Å². The molecule has 0 saturated carbocycles. The molecule has 0 aromatic carbocycles. The van der Waals surface area contributed by atoms with Crippen LogP contribution < -0.4 is 5.32 Å². The second-order valence-corrected chi connectivity index (χ2v) is 4.09. The molecule has 1 aromatic rings. The van der Waals surface area contributed by atoms with Crippen LogP contribution in [0.2, 0.25) is 0 Å². The fourth-order valence-corrected chi connectivity index (χ4v) is 1.88. The number of hydrogen-bond acceptors (Lipinski definition) is 4. The Morgan fingerprint density at radius 1 is 1.64 bits per heavy atom. The van der Waals surface area contributed by atoms with Crippen LogP contribution in [0, 0.1) is 0 Å². The second kappa shape index (κ2) is 4.23. The number of nitrogens with zero attached hydrogens (tertiary/aromatic N) is 2. The zero-order chi connectivity index (χ0) is 9.97. The molecule has 0 radical (unpaired) electrons. The maximum absolute atomic E-state index is 5.30. The van der Waals surface area contributed by atoms with Crippen LogP contribution in [0.25, 0.3) is 0 Å². The van der Waals surface area contributed by atoms with Gasteiger partial charge >= 0.3 is 0 Å². The van der Waals surface area contributed by atoms with Gasteiger partial charge in [0.05, 0.1) is 11.1 Å². The molecule has 0 amide bonds. The first-order valence-corrected chi connectivity index (χ1v) is 5.38. The third kappa shape index (κ3) is 1.88. The highest BCUT2D eigenvalue weighted by molar-refractivity contribution is 9.10. The van der Waals surface area contributed by atoms with Crippen LogP contribution in [0.15, 0.2) is 10.7 Å². The number of ether oxygens (including phenoxy) is 1. The van der Waals surface area contributed by atoms with Crippen molar-refractivity contribution in [2.24, 2.45) is 0 Å². The van der Waals surface area contributed by atoms with Gasteiger partial charge in [-0.2, -0.15) is 0 Å². The highest BCUT2D eigenvalue weighted by Crippen LogP contribution is 2.25. The van der Waals surface area contributed by atoms with Crippen LogP contribution in [-0.4, -0.2) is 30.2 Å². The molecule has 1 aliphatic rings. The first kappa shape index (κ1) is 9.86.